The van der Waals surface area contributed by atoms with Crippen LogP contribution in [0.3, 0.4) is 0 Å². The van der Waals surface area contributed by atoms with Crippen molar-refractivity contribution in [3.63, 3.8) is 0 Å². The molecule has 53 heavy (non-hydrogen) atoms. The van der Waals surface area contributed by atoms with Crippen molar-refractivity contribution >= 4 is 29.9 Å². The van der Waals surface area contributed by atoms with Gasteiger partial charge in [-0.2, -0.15) is 0 Å². The maximum absolute atomic E-state index is 13.0. The van der Waals surface area contributed by atoms with Crippen LogP contribution in [-0.4, -0.2) is 61.6 Å². The topological polar surface area (TPSA) is 123 Å². The number of benzene rings is 4. The van der Waals surface area contributed by atoms with Crippen LogP contribution in [0.1, 0.15) is 91.6 Å². The molecule has 0 atom stereocenters. The third-order valence-corrected chi connectivity index (χ3v) is 7.97. The fraction of sp³-hybridized carbons (Fsp3) is 0.349. The van der Waals surface area contributed by atoms with Crippen LogP contribution in [0.2, 0.25) is 0 Å². The number of carbonyl (C=O) groups excluding carboxylic acids is 3. The molecule has 0 unspecified atom stereocenters. The molecule has 0 aliphatic heterocycles. The van der Waals surface area contributed by atoms with E-state index in [1.807, 2.05) is 26.0 Å². The quantitative estimate of drug-likeness (QED) is 0.0467. The van der Waals surface area contributed by atoms with E-state index in [0.29, 0.717) is 46.9 Å². The van der Waals surface area contributed by atoms with Gasteiger partial charge in [-0.05, 0) is 96.8 Å². The molecule has 10 heteroatoms. The van der Waals surface area contributed by atoms with Crippen LogP contribution in [0.15, 0.2) is 97.1 Å². The number of unbranched alkanes of at least 4 members (excludes halogenated alkanes) is 4. The van der Waals surface area contributed by atoms with Crippen molar-refractivity contribution in [2.24, 2.45) is 0 Å². The second-order valence-corrected chi connectivity index (χ2v) is 11.8. The zero-order valence-electron chi connectivity index (χ0n) is 31.9. The van der Waals surface area contributed by atoms with Gasteiger partial charge in [0.15, 0.2) is 0 Å². The van der Waals surface area contributed by atoms with Crippen molar-refractivity contribution in [2.45, 2.75) is 72.8 Å². The predicted octanol–water partition coefficient (Wildman–Crippen LogP) is 8.86. The highest BCUT2D eigenvalue weighted by Crippen LogP contribution is 2.20. The van der Waals surface area contributed by atoms with E-state index in [4.69, 9.17) is 14.2 Å². The third-order valence-electron chi connectivity index (χ3n) is 7.97. The molecule has 4 rings (SSSR count). The minimum Gasteiger partial charge on any atom is -0.497 e. The van der Waals surface area contributed by atoms with Crippen LogP contribution in [0.25, 0.3) is 0 Å². The number of nitrogens with zero attached hydrogens (tertiary/aromatic N) is 2. The summed E-state index contributed by atoms with van der Waals surface area (Å²) in [5, 5.41) is 9.35. The van der Waals surface area contributed by atoms with Crippen molar-refractivity contribution in [3.05, 3.63) is 119 Å². The average Bonchev–Trinajstić information content (AvgIpc) is 3.20. The van der Waals surface area contributed by atoms with Gasteiger partial charge in [0.25, 0.3) is 5.91 Å². The Hall–Kier alpha value is -5.64. The van der Waals surface area contributed by atoms with Crippen LogP contribution in [-0.2, 0) is 22.6 Å². The molecule has 10 nitrogen and oxygen atoms in total. The molecule has 0 spiro atoms. The summed E-state index contributed by atoms with van der Waals surface area (Å²) in [6.07, 6.45) is 7.52. The Morgan fingerprint density at radius 3 is 1.79 bits per heavy atom. The van der Waals surface area contributed by atoms with E-state index in [2.05, 4.69) is 26.0 Å². The lowest BCUT2D eigenvalue weighted by Gasteiger charge is -2.21. The number of ether oxygens (including phenoxy) is 3. The van der Waals surface area contributed by atoms with Crippen LogP contribution in [0, 0.1) is 0 Å². The van der Waals surface area contributed by atoms with Gasteiger partial charge in [0.1, 0.15) is 23.8 Å². The molecule has 0 saturated carbocycles. The molecule has 0 radical (unpaired) electrons. The van der Waals surface area contributed by atoms with Gasteiger partial charge in [0, 0.05) is 24.8 Å². The van der Waals surface area contributed by atoms with Gasteiger partial charge in [-0.3, -0.25) is 14.4 Å². The highest BCUT2D eigenvalue weighted by atomic mass is 16.5. The van der Waals surface area contributed by atoms with Crippen molar-refractivity contribution in [2.75, 3.05) is 32.2 Å². The first kappa shape index (κ1) is 43.5. The van der Waals surface area contributed by atoms with Gasteiger partial charge in [-0.15, -0.1) is 0 Å². The van der Waals surface area contributed by atoms with Gasteiger partial charge in [-0.1, -0.05) is 77.6 Å². The molecule has 0 heterocycles. The SMILES string of the molecule is CC.CCCCCCCOc1ccc(C(=O)Oc2ccc(CN(CC(=O)O)C(=O)c3ccc(N(C)C=O)cc3)cc2)cc1.CCc1ccc(OC)cc1. The summed E-state index contributed by atoms with van der Waals surface area (Å²) < 4.78 is 16.2. The largest absolute Gasteiger partial charge is 0.497 e. The predicted molar refractivity (Wildman–Crippen MR) is 209 cm³/mol. The number of anilines is 1. The van der Waals surface area contributed by atoms with E-state index in [9.17, 15) is 24.3 Å². The summed E-state index contributed by atoms with van der Waals surface area (Å²) in [7, 11) is 3.27. The molecule has 0 aromatic heterocycles. The van der Waals surface area contributed by atoms with Crippen LogP contribution < -0.4 is 19.1 Å². The first-order valence-corrected chi connectivity index (χ1v) is 18.1. The first-order chi connectivity index (χ1) is 25.7. The van der Waals surface area contributed by atoms with Crippen LogP contribution >= 0.6 is 0 Å². The fourth-order valence-electron chi connectivity index (χ4n) is 4.94. The third kappa shape index (κ3) is 15.6. The highest BCUT2D eigenvalue weighted by Gasteiger charge is 2.20. The number of hydrogen-bond acceptors (Lipinski definition) is 7. The Bertz CT molecular complexity index is 1630. The molecule has 0 bridgehead atoms. The van der Waals surface area contributed by atoms with Gasteiger partial charge < -0.3 is 29.1 Å². The maximum Gasteiger partial charge on any atom is 0.343 e. The van der Waals surface area contributed by atoms with Crippen molar-refractivity contribution in [1.82, 2.24) is 4.90 Å². The number of rotatable bonds is 18. The molecule has 0 aliphatic rings. The molecule has 4 aromatic carbocycles. The van der Waals surface area contributed by atoms with E-state index >= 15 is 0 Å². The summed E-state index contributed by atoms with van der Waals surface area (Å²) in [5.41, 5.74) is 3.29. The standard InChI is InChI=1S/C32H36N2O7.C9H12O.C2H6/c1-3-4-5-6-7-20-40-28-18-12-26(13-19-28)32(39)41-29-16-8-24(9-17-29)21-34(22-30(36)37)31(38)25-10-14-27(15-11-25)33(2)23-35;1-3-8-4-6-9(10-2)7-5-8;1-2/h8-19,23H,3-7,20-22H2,1-2H3,(H,36,37);4-7H,3H2,1-2H3;1-2H3. The number of amides is 2. The lowest BCUT2D eigenvalue weighted by molar-refractivity contribution is -0.137. The van der Waals surface area contributed by atoms with Crippen molar-refractivity contribution < 1.29 is 38.5 Å². The Balaban J connectivity index is 0.000000690. The zero-order chi connectivity index (χ0) is 39.0. The summed E-state index contributed by atoms with van der Waals surface area (Å²) in [6, 6.07) is 27.8. The number of methoxy groups -OCH3 is 1. The normalized spacial score (nSPS) is 10.0. The summed E-state index contributed by atoms with van der Waals surface area (Å²) in [4.78, 5) is 50.6. The number of carbonyl (C=O) groups is 4. The number of carboxylic acid groups (broad SMARTS) is 1. The molecule has 0 saturated heterocycles. The van der Waals surface area contributed by atoms with Gasteiger partial charge in [0.05, 0.1) is 19.3 Å². The number of carboxylic acids is 1. The van der Waals surface area contributed by atoms with Gasteiger partial charge in [-0.25, -0.2) is 4.79 Å². The lowest BCUT2D eigenvalue weighted by atomic mass is 10.1. The number of hydrogen-bond donors (Lipinski definition) is 1. The van der Waals surface area contributed by atoms with E-state index in [1.165, 1.54) is 34.6 Å². The molecule has 284 valence electrons. The molecular weight excluding hydrogens is 672 g/mol. The molecule has 0 fully saturated rings. The average molecular weight is 727 g/mol. The summed E-state index contributed by atoms with van der Waals surface area (Å²) in [6.45, 7) is 8.50. The second-order valence-electron chi connectivity index (χ2n) is 11.8. The Kier molecular flexibility index (Phi) is 20.1. The minimum atomic E-state index is -1.15. The second kappa shape index (κ2) is 24.5. The van der Waals surface area contributed by atoms with E-state index in [-0.39, 0.29) is 6.54 Å². The first-order valence-electron chi connectivity index (χ1n) is 18.1. The Labute approximate surface area is 314 Å². The van der Waals surface area contributed by atoms with Crippen molar-refractivity contribution in [3.8, 4) is 17.2 Å². The smallest absolute Gasteiger partial charge is 0.343 e. The zero-order valence-corrected chi connectivity index (χ0v) is 31.9. The summed E-state index contributed by atoms with van der Waals surface area (Å²) in [5.74, 6) is -0.188. The fourth-order valence-corrected chi connectivity index (χ4v) is 4.94. The Morgan fingerprint density at radius 1 is 0.698 bits per heavy atom. The number of aryl methyl sites for hydroxylation is 1. The molecule has 0 aliphatic carbocycles. The van der Waals surface area contributed by atoms with Crippen LogP contribution in [0.4, 0.5) is 5.69 Å². The molecular formula is C43H54N2O8. The molecule has 2 amide bonds. The molecule has 1 N–H and O–H groups in total. The number of esters is 1. The minimum absolute atomic E-state index is 0.0371. The monoisotopic (exact) mass is 726 g/mol. The molecule has 4 aromatic rings. The van der Waals surface area contributed by atoms with Gasteiger partial charge in [0.2, 0.25) is 6.41 Å². The van der Waals surface area contributed by atoms with E-state index in [1.54, 1.807) is 87.0 Å². The van der Waals surface area contributed by atoms with Gasteiger partial charge >= 0.3 is 11.9 Å². The maximum atomic E-state index is 13.0. The van der Waals surface area contributed by atoms with E-state index < -0.39 is 24.4 Å². The highest BCUT2D eigenvalue weighted by molar-refractivity contribution is 5.96. The number of aliphatic carboxylic acids is 1. The van der Waals surface area contributed by atoms with E-state index in [0.717, 1.165) is 25.0 Å². The van der Waals surface area contributed by atoms with Crippen LogP contribution in [0.5, 0.6) is 17.2 Å². The van der Waals surface area contributed by atoms with Crippen molar-refractivity contribution in [1.29, 1.82) is 0 Å². The lowest BCUT2D eigenvalue weighted by Crippen LogP contribution is -2.35. The Morgan fingerprint density at radius 2 is 1.25 bits per heavy atom. The summed E-state index contributed by atoms with van der Waals surface area (Å²) >= 11 is 0.